The molecular formula is C24H24F4N2O4. The van der Waals surface area contributed by atoms with Gasteiger partial charge < -0.3 is 19.9 Å². The lowest BCUT2D eigenvalue weighted by Gasteiger charge is -2.18. The van der Waals surface area contributed by atoms with Crippen molar-refractivity contribution < 1.29 is 37.7 Å². The van der Waals surface area contributed by atoms with Crippen molar-refractivity contribution in [3.05, 3.63) is 65.7 Å². The maximum Gasteiger partial charge on any atom is 0.449 e. The Kier molecular flexibility index (Phi) is 7.73. The van der Waals surface area contributed by atoms with Gasteiger partial charge >= 0.3 is 12.1 Å². The fourth-order valence-electron chi connectivity index (χ4n) is 3.78. The van der Waals surface area contributed by atoms with Crippen LogP contribution >= 0.6 is 0 Å². The van der Waals surface area contributed by atoms with E-state index in [2.05, 4.69) is 4.98 Å². The molecule has 0 aliphatic rings. The van der Waals surface area contributed by atoms with Crippen LogP contribution in [0, 0.1) is 12.7 Å². The van der Waals surface area contributed by atoms with E-state index in [4.69, 9.17) is 5.11 Å². The number of aliphatic hydroxyl groups excluding tert-OH is 2. The van der Waals surface area contributed by atoms with Gasteiger partial charge in [-0.3, -0.25) is 4.79 Å². The van der Waals surface area contributed by atoms with Gasteiger partial charge in [0.25, 0.3) is 0 Å². The van der Waals surface area contributed by atoms with Crippen molar-refractivity contribution in [3.8, 4) is 22.5 Å². The summed E-state index contributed by atoms with van der Waals surface area (Å²) in [4.78, 5) is 14.6. The lowest BCUT2D eigenvalue weighted by atomic mass is 10.0. The summed E-state index contributed by atoms with van der Waals surface area (Å²) in [7, 11) is 0. The fourth-order valence-corrected chi connectivity index (χ4v) is 3.78. The standard InChI is InChI=1S/C24H24F4N2O4/c1-14-3-2-4-16(11-14)22-21(15-5-7-17(25)8-6-15)29-23(24(26,27)28)30(22)10-9-18(31)12-19(32)13-20(33)34/h2-8,11,18-19,31-32H,9-10,12-13H2,1H3,(H,33,34)/t18-,19-/m1/s1. The molecule has 0 radical (unpaired) electrons. The average molecular weight is 480 g/mol. The summed E-state index contributed by atoms with van der Waals surface area (Å²) < 4.78 is 56.4. The zero-order chi connectivity index (χ0) is 25.0. The minimum Gasteiger partial charge on any atom is -0.481 e. The molecule has 3 aromatic rings. The summed E-state index contributed by atoms with van der Waals surface area (Å²) >= 11 is 0. The van der Waals surface area contributed by atoms with Crippen molar-refractivity contribution in [2.75, 3.05) is 0 Å². The third-order valence-electron chi connectivity index (χ3n) is 5.27. The van der Waals surface area contributed by atoms with Crippen LogP contribution in [0.2, 0.25) is 0 Å². The van der Waals surface area contributed by atoms with Crippen molar-refractivity contribution in [2.24, 2.45) is 0 Å². The smallest absolute Gasteiger partial charge is 0.449 e. The number of hydrogen-bond donors (Lipinski definition) is 3. The van der Waals surface area contributed by atoms with Crippen LogP contribution in [-0.2, 0) is 17.5 Å². The van der Waals surface area contributed by atoms with Crippen LogP contribution < -0.4 is 0 Å². The molecule has 0 amide bonds. The Labute approximate surface area is 193 Å². The summed E-state index contributed by atoms with van der Waals surface area (Å²) in [5.41, 5.74) is 1.72. The Morgan fingerprint density at radius 3 is 2.32 bits per heavy atom. The normalized spacial score (nSPS) is 13.6. The number of aliphatic hydroxyl groups is 2. The molecule has 10 heteroatoms. The van der Waals surface area contributed by atoms with Crippen molar-refractivity contribution in [3.63, 3.8) is 0 Å². The summed E-state index contributed by atoms with van der Waals surface area (Å²) in [6.07, 6.45) is -8.45. The van der Waals surface area contributed by atoms with Gasteiger partial charge in [0.2, 0.25) is 5.82 Å². The Balaban J connectivity index is 2.07. The van der Waals surface area contributed by atoms with Gasteiger partial charge in [0.05, 0.1) is 30.0 Å². The molecule has 0 saturated heterocycles. The van der Waals surface area contributed by atoms with Gasteiger partial charge in [-0.25, -0.2) is 9.37 Å². The molecule has 0 bridgehead atoms. The van der Waals surface area contributed by atoms with E-state index in [9.17, 15) is 32.6 Å². The number of carboxylic acid groups (broad SMARTS) is 1. The van der Waals surface area contributed by atoms with Crippen LogP contribution in [0.4, 0.5) is 17.6 Å². The summed E-state index contributed by atoms with van der Waals surface area (Å²) in [6, 6.07) is 11.8. The zero-order valence-corrected chi connectivity index (χ0v) is 18.3. The second-order valence-electron chi connectivity index (χ2n) is 8.09. The zero-order valence-electron chi connectivity index (χ0n) is 18.3. The van der Waals surface area contributed by atoms with Gasteiger partial charge in [-0.1, -0.05) is 23.8 Å². The molecule has 2 aromatic carbocycles. The third-order valence-corrected chi connectivity index (χ3v) is 5.27. The molecule has 2 atom stereocenters. The summed E-state index contributed by atoms with van der Waals surface area (Å²) in [5, 5.41) is 28.7. The monoisotopic (exact) mass is 480 g/mol. The second kappa shape index (κ2) is 10.4. The molecule has 0 saturated carbocycles. The van der Waals surface area contributed by atoms with Gasteiger partial charge in [0, 0.05) is 17.7 Å². The number of nitrogens with zero attached hydrogens (tertiary/aromatic N) is 2. The number of benzene rings is 2. The van der Waals surface area contributed by atoms with Crippen LogP contribution in [0.1, 0.15) is 30.7 Å². The second-order valence-corrected chi connectivity index (χ2v) is 8.09. The molecule has 0 aliphatic carbocycles. The Hall–Kier alpha value is -3.24. The highest BCUT2D eigenvalue weighted by Gasteiger charge is 2.39. The van der Waals surface area contributed by atoms with Gasteiger partial charge in [0.1, 0.15) is 5.82 Å². The number of hydrogen-bond acceptors (Lipinski definition) is 4. The minimum atomic E-state index is -4.81. The largest absolute Gasteiger partial charge is 0.481 e. The number of rotatable bonds is 9. The van der Waals surface area contributed by atoms with Crippen LogP contribution in [0.3, 0.4) is 0 Å². The van der Waals surface area contributed by atoms with Crippen molar-refractivity contribution in [1.82, 2.24) is 9.55 Å². The molecule has 34 heavy (non-hydrogen) atoms. The number of aryl methyl sites for hydroxylation is 1. The Bertz CT molecular complexity index is 1140. The number of aliphatic carboxylic acids is 1. The molecule has 0 fully saturated rings. The molecule has 3 rings (SSSR count). The SMILES string of the molecule is Cc1cccc(-c2c(-c3ccc(F)cc3)nc(C(F)(F)F)n2CC[C@@H](O)C[C@@H](O)CC(=O)O)c1. The molecule has 1 heterocycles. The molecule has 0 unspecified atom stereocenters. The van der Waals surface area contributed by atoms with Gasteiger partial charge in [-0.15, -0.1) is 0 Å². The van der Waals surface area contributed by atoms with E-state index in [1.165, 1.54) is 12.1 Å². The fraction of sp³-hybridized carbons (Fsp3) is 0.333. The van der Waals surface area contributed by atoms with Crippen molar-refractivity contribution in [1.29, 1.82) is 0 Å². The first-order valence-electron chi connectivity index (χ1n) is 10.5. The first-order valence-corrected chi connectivity index (χ1v) is 10.5. The van der Waals surface area contributed by atoms with E-state index in [1.807, 2.05) is 0 Å². The Morgan fingerprint density at radius 1 is 1.06 bits per heavy atom. The number of aromatic nitrogens is 2. The molecular weight excluding hydrogens is 456 g/mol. The maximum absolute atomic E-state index is 14.0. The average Bonchev–Trinajstić information content (AvgIpc) is 3.12. The van der Waals surface area contributed by atoms with E-state index in [1.54, 1.807) is 31.2 Å². The summed E-state index contributed by atoms with van der Waals surface area (Å²) in [5.74, 6) is -2.97. The van der Waals surface area contributed by atoms with E-state index in [0.29, 0.717) is 11.1 Å². The van der Waals surface area contributed by atoms with E-state index in [0.717, 1.165) is 22.3 Å². The number of alkyl halides is 3. The van der Waals surface area contributed by atoms with Gasteiger partial charge in [-0.05, 0) is 50.1 Å². The Morgan fingerprint density at radius 2 is 1.74 bits per heavy atom. The number of carboxylic acids is 1. The molecule has 0 aliphatic heterocycles. The molecule has 3 N–H and O–H groups in total. The van der Waals surface area contributed by atoms with Crippen LogP contribution in [0.5, 0.6) is 0 Å². The first kappa shape index (κ1) is 25.4. The molecule has 1 aromatic heterocycles. The number of imidazole rings is 1. The topological polar surface area (TPSA) is 95.6 Å². The van der Waals surface area contributed by atoms with Crippen molar-refractivity contribution >= 4 is 5.97 Å². The highest BCUT2D eigenvalue weighted by Crippen LogP contribution is 2.39. The summed E-state index contributed by atoms with van der Waals surface area (Å²) in [6.45, 7) is 1.49. The first-order chi connectivity index (χ1) is 16.0. The van der Waals surface area contributed by atoms with Crippen LogP contribution in [0.15, 0.2) is 48.5 Å². The van der Waals surface area contributed by atoms with Crippen LogP contribution in [-0.4, -0.2) is 43.0 Å². The van der Waals surface area contributed by atoms with Gasteiger partial charge in [0.15, 0.2) is 0 Å². The van der Waals surface area contributed by atoms with E-state index >= 15 is 0 Å². The molecule has 6 nitrogen and oxygen atoms in total. The predicted octanol–water partition coefficient (Wildman–Crippen LogP) is 4.66. The predicted molar refractivity (Wildman–Crippen MR) is 116 cm³/mol. The quantitative estimate of drug-likeness (QED) is 0.387. The van der Waals surface area contributed by atoms with E-state index < -0.39 is 42.4 Å². The maximum atomic E-state index is 14.0. The molecule has 0 spiro atoms. The number of carbonyl (C=O) groups is 1. The lowest BCUT2D eigenvalue weighted by Crippen LogP contribution is -2.23. The lowest BCUT2D eigenvalue weighted by molar-refractivity contribution is -0.147. The third kappa shape index (κ3) is 6.21. The van der Waals surface area contributed by atoms with Gasteiger partial charge in [-0.2, -0.15) is 13.2 Å². The van der Waals surface area contributed by atoms with Crippen LogP contribution in [0.25, 0.3) is 22.5 Å². The van der Waals surface area contributed by atoms with E-state index in [-0.39, 0.29) is 30.8 Å². The number of halogens is 4. The molecule has 182 valence electrons. The minimum absolute atomic E-state index is 0.0123. The van der Waals surface area contributed by atoms with Crippen molar-refractivity contribution in [2.45, 2.75) is 51.1 Å². The highest BCUT2D eigenvalue weighted by molar-refractivity contribution is 5.79. The highest BCUT2D eigenvalue weighted by atomic mass is 19.4.